The molecular formula is C32H60. The Morgan fingerprint density at radius 2 is 0.969 bits per heavy atom. The molecule has 3 saturated carbocycles. The van der Waals surface area contributed by atoms with Crippen LogP contribution in [0, 0.1) is 34.5 Å². The summed E-state index contributed by atoms with van der Waals surface area (Å²) in [7, 11) is 0. The molecule has 0 nitrogen and oxygen atoms in total. The van der Waals surface area contributed by atoms with Gasteiger partial charge in [0.05, 0.1) is 0 Å². The Balaban J connectivity index is 2.05. The molecule has 0 aromatic rings. The molecule has 3 atom stereocenters. The Morgan fingerprint density at radius 1 is 0.500 bits per heavy atom. The fourth-order valence-electron chi connectivity index (χ4n) is 9.43. The summed E-state index contributed by atoms with van der Waals surface area (Å²) in [6.45, 7) is 9.80. The molecule has 0 radical (unpaired) electrons. The zero-order valence-electron chi connectivity index (χ0n) is 22.9. The van der Waals surface area contributed by atoms with Gasteiger partial charge in [0.2, 0.25) is 0 Å². The molecule has 0 amide bonds. The van der Waals surface area contributed by atoms with Gasteiger partial charge in [0.15, 0.2) is 0 Å². The SMILES string of the molecule is CCCCC1(CCCC)CC(C2CCCCC2)C(CCCC)(CCCC)C2CCCCC21. The third-order valence-electron chi connectivity index (χ3n) is 10.9. The van der Waals surface area contributed by atoms with Gasteiger partial charge in [-0.25, -0.2) is 0 Å². The Hall–Kier alpha value is 0. The van der Waals surface area contributed by atoms with E-state index in [1.165, 1.54) is 83.5 Å². The van der Waals surface area contributed by atoms with Crippen molar-refractivity contribution in [2.75, 3.05) is 0 Å². The zero-order valence-corrected chi connectivity index (χ0v) is 22.9. The molecular weight excluding hydrogens is 384 g/mol. The molecule has 0 aromatic heterocycles. The molecule has 3 rings (SSSR count). The van der Waals surface area contributed by atoms with Crippen LogP contribution in [-0.2, 0) is 0 Å². The third-order valence-corrected chi connectivity index (χ3v) is 10.9. The monoisotopic (exact) mass is 444 g/mol. The highest BCUT2D eigenvalue weighted by molar-refractivity contribution is 5.09. The van der Waals surface area contributed by atoms with Crippen LogP contribution >= 0.6 is 0 Å². The second kappa shape index (κ2) is 13.2. The van der Waals surface area contributed by atoms with Gasteiger partial charge in [-0.2, -0.15) is 0 Å². The molecule has 32 heavy (non-hydrogen) atoms. The minimum atomic E-state index is 0.695. The van der Waals surface area contributed by atoms with Gasteiger partial charge in [0.1, 0.15) is 0 Å². The molecule has 0 spiro atoms. The molecule has 0 N–H and O–H groups in total. The average molecular weight is 445 g/mol. The molecule has 188 valence electrons. The molecule has 0 saturated heterocycles. The lowest BCUT2D eigenvalue weighted by Gasteiger charge is -2.65. The van der Waals surface area contributed by atoms with Crippen LogP contribution in [0.15, 0.2) is 0 Å². The van der Waals surface area contributed by atoms with E-state index >= 15 is 0 Å². The van der Waals surface area contributed by atoms with E-state index < -0.39 is 0 Å². The normalized spacial score (nSPS) is 30.2. The van der Waals surface area contributed by atoms with Gasteiger partial charge < -0.3 is 0 Å². The predicted octanol–water partition coefficient (Wildman–Crippen LogP) is 11.1. The zero-order chi connectivity index (χ0) is 22.9. The number of rotatable bonds is 13. The van der Waals surface area contributed by atoms with Gasteiger partial charge in [-0.3, -0.25) is 0 Å². The Morgan fingerprint density at radius 3 is 1.50 bits per heavy atom. The Bertz CT molecular complexity index is 482. The van der Waals surface area contributed by atoms with Gasteiger partial charge in [-0.1, -0.05) is 124 Å². The molecule has 0 heterocycles. The second-order valence-corrected chi connectivity index (χ2v) is 12.7. The maximum absolute atomic E-state index is 2.46. The lowest BCUT2D eigenvalue weighted by atomic mass is 9.40. The Kier molecular flexibility index (Phi) is 11.0. The van der Waals surface area contributed by atoms with Crippen LogP contribution in [0.1, 0.15) is 169 Å². The fourth-order valence-corrected chi connectivity index (χ4v) is 9.43. The minimum absolute atomic E-state index is 0.695. The van der Waals surface area contributed by atoms with Gasteiger partial charge in [-0.15, -0.1) is 0 Å². The van der Waals surface area contributed by atoms with Crippen molar-refractivity contribution in [1.82, 2.24) is 0 Å². The summed E-state index contributed by atoms with van der Waals surface area (Å²) in [5, 5.41) is 0. The third kappa shape index (κ3) is 5.79. The first-order chi connectivity index (χ1) is 15.7. The van der Waals surface area contributed by atoms with Crippen LogP contribution in [0.4, 0.5) is 0 Å². The van der Waals surface area contributed by atoms with E-state index in [0.29, 0.717) is 10.8 Å². The molecule has 0 bridgehead atoms. The van der Waals surface area contributed by atoms with Crippen molar-refractivity contribution in [3.05, 3.63) is 0 Å². The number of fused-ring (bicyclic) bond motifs is 1. The van der Waals surface area contributed by atoms with Crippen molar-refractivity contribution < 1.29 is 0 Å². The summed E-state index contributed by atoms with van der Waals surface area (Å²) in [5.41, 5.74) is 1.39. The average Bonchev–Trinajstić information content (AvgIpc) is 2.85. The smallest absolute Gasteiger partial charge is 0.0235 e. The van der Waals surface area contributed by atoms with Gasteiger partial charge in [-0.05, 0) is 79.4 Å². The maximum atomic E-state index is 2.46. The first kappa shape index (κ1) is 26.6. The lowest BCUT2D eigenvalue weighted by Crippen LogP contribution is -2.57. The first-order valence-corrected chi connectivity index (χ1v) is 15.7. The number of unbranched alkanes of at least 4 members (excludes halogenated alkanes) is 4. The molecule has 0 heteroatoms. The first-order valence-electron chi connectivity index (χ1n) is 15.7. The molecule has 0 aromatic carbocycles. The molecule has 0 aliphatic heterocycles. The second-order valence-electron chi connectivity index (χ2n) is 12.7. The summed E-state index contributed by atoms with van der Waals surface area (Å²) in [6, 6.07) is 0. The predicted molar refractivity (Wildman–Crippen MR) is 143 cm³/mol. The number of hydrogen-bond donors (Lipinski definition) is 0. The quantitative estimate of drug-likeness (QED) is 0.265. The highest BCUT2D eigenvalue weighted by Gasteiger charge is 2.59. The van der Waals surface area contributed by atoms with Crippen LogP contribution in [0.3, 0.4) is 0 Å². The summed E-state index contributed by atoms with van der Waals surface area (Å²) < 4.78 is 0. The van der Waals surface area contributed by atoms with E-state index in [-0.39, 0.29) is 0 Å². The Labute approximate surface area is 203 Å². The highest BCUT2D eigenvalue weighted by Crippen LogP contribution is 2.68. The molecule has 3 fully saturated rings. The summed E-state index contributed by atoms with van der Waals surface area (Å²) in [6.07, 6.45) is 33.4. The number of hydrogen-bond acceptors (Lipinski definition) is 0. The lowest BCUT2D eigenvalue weighted by molar-refractivity contribution is -0.156. The van der Waals surface area contributed by atoms with E-state index in [9.17, 15) is 0 Å². The van der Waals surface area contributed by atoms with Gasteiger partial charge in [0.25, 0.3) is 0 Å². The van der Waals surface area contributed by atoms with Crippen LogP contribution in [0.25, 0.3) is 0 Å². The van der Waals surface area contributed by atoms with Crippen LogP contribution in [0.2, 0.25) is 0 Å². The summed E-state index contributed by atoms with van der Waals surface area (Å²) in [5.74, 6) is 4.23. The van der Waals surface area contributed by atoms with Crippen LogP contribution in [0.5, 0.6) is 0 Å². The van der Waals surface area contributed by atoms with Crippen molar-refractivity contribution in [2.45, 2.75) is 169 Å². The summed E-state index contributed by atoms with van der Waals surface area (Å²) >= 11 is 0. The van der Waals surface area contributed by atoms with E-state index in [1.54, 1.807) is 57.8 Å². The van der Waals surface area contributed by atoms with Crippen molar-refractivity contribution in [3.8, 4) is 0 Å². The van der Waals surface area contributed by atoms with E-state index in [2.05, 4.69) is 27.7 Å². The van der Waals surface area contributed by atoms with Crippen molar-refractivity contribution in [2.24, 2.45) is 34.5 Å². The minimum Gasteiger partial charge on any atom is -0.0654 e. The summed E-state index contributed by atoms with van der Waals surface area (Å²) in [4.78, 5) is 0. The van der Waals surface area contributed by atoms with Crippen molar-refractivity contribution >= 4 is 0 Å². The van der Waals surface area contributed by atoms with Crippen LogP contribution in [-0.4, -0.2) is 0 Å². The molecule has 3 unspecified atom stereocenters. The van der Waals surface area contributed by atoms with Crippen LogP contribution < -0.4 is 0 Å². The molecule has 3 aliphatic carbocycles. The van der Waals surface area contributed by atoms with Gasteiger partial charge in [0, 0.05) is 0 Å². The van der Waals surface area contributed by atoms with Gasteiger partial charge >= 0.3 is 0 Å². The topological polar surface area (TPSA) is 0 Å². The van der Waals surface area contributed by atoms with E-state index in [1.807, 2.05) is 0 Å². The highest BCUT2D eigenvalue weighted by atomic mass is 14.6. The standard InChI is InChI=1S/C32H60/c1-5-9-22-31(23-10-6-2)26-30(27-18-14-13-15-19-27)32(24-11-7-3,25-12-8-4)29-21-17-16-20-28(29)31/h27-30H,5-26H2,1-4H3. The van der Waals surface area contributed by atoms with Crippen molar-refractivity contribution in [1.29, 1.82) is 0 Å². The van der Waals surface area contributed by atoms with E-state index in [0.717, 1.165) is 23.7 Å². The maximum Gasteiger partial charge on any atom is -0.0235 e. The fraction of sp³-hybridized carbons (Fsp3) is 1.00. The largest absolute Gasteiger partial charge is 0.0654 e. The van der Waals surface area contributed by atoms with E-state index in [4.69, 9.17) is 0 Å². The molecule has 3 aliphatic rings. The van der Waals surface area contributed by atoms with Crippen molar-refractivity contribution in [3.63, 3.8) is 0 Å².